The van der Waals surface area contributed by atoms with Crippen LogP contribution >= 0.6 is 0 Å². The minimum atomic E-state index is -0.673. The lowest BCUT2D eigenvalue weighted by Crippen LogP contribution is -2.13. The van der Waals surface area contributed by atoms with E-state index >= 15 is 0 Å². The molecule has 0 saturated carbocycles. The number of oxazole rings is 1. The first-order chi connectivity index (χ1) is 9.19. The predicted octanol–water partition coefficient (Wildman–Crippen LogP) is 1.56. The Morgan fingerprint density at radius 1 is 1.37 bits per heavy atom. The first kappa shape index (κ1) is 12.8. The number of fused-ring (bicyclic) bond motifs is 1. The highest BCUT2D eigenvalue weighted by atomic mass is 16.6. The van der Waals surface area contributed by atoms with Crippen molar-refractivity contribution >= 4 is 29.1 Å². The minimum Gasteiger partial charge on any atom is -0.466 e. The van der Waals surface area contributed by atoms with E-state index < -0.39 is 18.5 Å². The van der Waals surface area contributed by atoms with Crippen LogP contribution in [-0.2, 0) is 19.1 Å². The van der Waals surface area contributed by atoms with Gasteiger partial charge in [-0.25, -0.2) is 14.6 Å². The van der Waals surface area contributed by atoms with Crippen LogP contribution in [0.3, 0.4) is 0 Å². The molecule has 0 aliphatic heterocycles. The molecule has 1 aromatic heterocycles. The van der Waals surface area contributed by atoms with Crippen molar-refractivity contribution in [1.82, 2.24) is 4.98 Å². The van der Waals surface area contributed by atoms with Gasteiger partial charge in [-0.05, 0) is 12.1 Å². The number of hydrogen-bond donors (Lipinski definition) is 0. The highest BCUT2D eigenvalue weighted by molar-refractivity contribution is 5.88. The van der Waals surface area contributed by atoms with E-state index in [-0.39, 0.29) is 5.89 Å². The first-order valence-corrected chi connectivity index (χ1v) is 5.46. The molecular formula is C13H11NO5. The van der Waals surface area contributed by atoms with Crippen LogP contribution in [0.4, 0.5) is 0 Å². The molecule has 0 unspecified atom stereocenters. The summed E-state index contributed by atoms with van der Waals surface area (Å²) >= 11 is 0. The van der Waals surface area contributed by atoms with E-state index in [4.69, 9.17) is 4.42 Å². The number of rotatable bonds is 4. The highest BCUT2D eigenvalue weighted by Crippen LogP contribution is 2.15. The molecule has 0 saturated heterocycles. The van der Waals surface area contributed by atoms with E-state index in [1.165, 1.54) is 13.2 Å². The Hall–Kier alpha value is -2.63. The number of nitrogens with zero attached hydrogens (tertiary/aromatic N) is 1. The second-order valence-electron chi connectivity index (χ2n) is 3.54. The molecular weight excluding hydrogens is 250 g/mol. The first-order valence-electron chi connectivity index (χ1n) is 5.46. The number of esters is 2. The van der Waals surface area contributed by atoms with Crippen molar-refractivity contribution in [2.75, 3.05) is 13.7 Å². The highest BCUT2D eigenvalue weighted by Gasteiger charge is 2.05. The number of carbonyl (C=O) groups excluding carboxylic acids is 2. The van der Waals surface area contributed by atoms with Crippen LogP contribution in [0.25, 0.3) is 17.2 Å². The van der Waals surface area contributed by atoms with Crippen LogP contribution in [0.15, 0.2) is 34.8 Å². The molecule has 0 radical (unpaired) electrons. The molecule has 0 aliphatic carbocycles. The average molecular weight is 261 g/mol. The van der Waals surface area contributed by atoms with Gasteiger partial charge >= 0.3 is 11.9 Å². The van der Waals surface area contributed by atoms with Crippen molar-refractivity contribution in [3.63, 3.8) is 0 Å². The van der Waals surface area contributed by atoms with Gasteiger partial charge in [-0.3, -0.25) is 0 Å². The summed E-state index contributed by atoms with van der Waals surface area (Å²) < 4.78 is 14.3. The van der Waals surface area contributed by atoms with Gasteiger partial charge in [0.15, 0.2) is 12.2 Å². The van der Waals surface area contributed by atoms with Crippen molar-refractivity contribution in [3.8, 4) is 0 Å². The second-order valence-corrected chi connectivity index (χ2v) is 3.54. The standard InChI is InChI=1S/C13H11NO5/c1-17-13(16)8-18-12(15)7-6-11-14-9-4-2-3-5-10(9)19-11/h2-7H,8H2,1H3/b7-6+. The zero-order valence-corrected chi connectivity index (χ0v) is 10.2. The average Bonchev–Trinajstić information content (AvgIpc) is 2.85. The molecule has 0 spiro atoms. The third-order valence-corrected chi connectivity index (χ3v) is 2.23. The Morgan fingerprint density at radius 2 is 2.16 bits per heavy atom. The minimum absolute atomic E-state index is 0.288. The molecule has 0 amide bonds. The van der Waals surface area contributed by atoms with Crippen LogP contribution in [-0.4, -0.2) is 30.6 Å². The number of para-hydroxylation sites is 2. The normalized spacial score (nSPS) is 10.8. The van der Waals surface area contributed by atoms with Gasteiger partial charge < -0.3 is 13.9 Å². The van der Waals surface area contributed by atoms with E-state index in [0.29, 0.717) is 11.1 Å². The third-order valence-electron chi connectivity index (χ3n) is 2.23. The van der Waals surface area contributed by atoms with Crippen LogP contribution in [0.2, 0.25) is 0 Å². The molecule has 2 rings (SSSR count). The van der Waals surface area contributed by atoms with Crippen LogP contribution in [0.1, 0.15) is 5.89 Å². The number of aromatic nitrogens is 1. The van der Waals surface area contributed by atoms with E-state index in [9.17, 15) is 9.59 Å². The molecule has 0 N–H and O–H groups in total. The predicted molar refractivity (Wildman–Crippen MR) is 66.0 cm³/mol. The molecule has 0 atom stereocenters. The molecule has 1 heterocycles. The van der Waals surface area contributed by atoms with E-state index in [0.717, 1.165) is 6.08 Å². The fourth-order valence-electron chi connectivity index (χ4n) is 1.34. The summed E-state index contributed by atoms with van der Waals surface area (Å²) in [7, 11) is 1.21. The van der Waals surface area contributed by atoms with E-state index in [2.05, 4.69) is 14.5 Å². The molecule has 0 aliphatic rings. The lowest BCUT2D eigenvalue weighted by atomic mass is 10.3. The molecule has 2 aromatic rings. The van der Waals surface area contributed by atoms with Gasteiger partial charge in [-0.15, -0.1) is 0 Å². The monoisotopic (exact) mass is 261 g/mol. The van der Waals surface area contributed by atoms with Gasteiger partial charge in [0.05, 0.1) is 7.11 Å². The number of ether oxygens (including phenoxy) is 2. The zero-order valence-electron chi connectivity index (χ0n) is 10.2. The topological polar surface area (TPSA) is 78.6 Å². The number of carbonyl (C=O) groups is 2. The molecule has 98 valence electrons. The van der Waals surface area contributed by atoms with Gasteiger partial charge in [0.1, 0.15) is 5.52 Å². The smallest absolute Gasteiger partial charge is 0.344 e. The van der Waals surface area contributed by atoms with Crippen molar-refractivity contribution < 1.29 is 23.5 Å². The van der Waals surface area contributed by atoms with E-state index in [1.807, 2.05) is 12.1 Å². The van der Waals surface area contributed by atoms with Crippen LogP contribution in [0, 0.1) is 0 Å². The van der Waals surface area contributed by atoms with Crippen molar-refractivity contribution in [1.29, 1.82) is 0 Å². The molecule has 19 heavy (non-hydrogen) atoms. The van der Waals surface area contributed by atoms with Gasteiger partial charge in [0, 0.05) is 12.2 Å². The lowest BCUT2D eigenvalue weighted by Gasteiger charge is -1.98. The summed E-state index contributed by atoms with van der Waals surface area (Å²) in [5, 5.41) is 0. The molecule has 0 bridgehead atoms. The molecule has 0 fully saturated rings. The fraction of sp³-hybridized carbons (Fsp3) is 0.154. The maximum absolute atomic E-state index is 11.3. The second kappa shape index (κ2) is 5.81. The maximum Gasteiger partial charge on any atom is 0.344 e. The summed E-state index contributed by atoms with van der Waals surface area (Å²) in [5.74, 6) is -1.01. The number of benzene rings is 1. The lowest BCUT2D eigenvalue weighted by molar-refractivity contribution is -0.154. The summed E-state index contributed by atoms with van der Waals surface area (Å²) in [6, 6.07) is 7.23. The summed E-state index contributed by atoms with van der Waals surface area (Å²) in [6.07, 6.45) is 2.51. The van der Waals surface area contributed by atoms with Crippen molar-refractivity contribution in [2.24, 2.45) is 0 Å². The van der Waals surface area contributed by atoms with Gasteiger partial charge in [-0.2, -0.15) is 0 Å². The molecule has 6 nitrogen and oxygen atoms in total. The number of methoxy groups -OCH3 is 1. The summed E-state index contributed by atoms with van der Waals surface area (Å²) in [4.78, 5) is 26.2. The third kappa shape index (κ3) is 3.41. The van der Waals surface area contributed by atoms with Crippen LogP contribution < -0.4 is 0 Å². The Morgan fingerprint density at radius 3 is 2.89 bits per heavy atom. The Balaban J connectivity index is 1.98. The Labute approximate surface area is 108 Å². The summed E-state index contributed by atoms with van der Waals surface area (Å²) in [6.45, 7) is -0.423. The number of hydrogen-bond acceptors (Lipinski definition) is 6. The van der Waals surface area contributed by atoms with E-state index in [1.54, 1.807) is 12.1 Å². The SMILES string of the molecule is COC(=O)COC(=O)/C=C/c1nc2ccccc2o1. The van der Waals surface area contributed by atoms with Crippen molar-refractivity contribution in [3.05, 3.63) is 36.2 Å². The molecule has 6 heteroatoms. The van der Waals surface area contributed by atoms with Crippen LogP contribution in [0.5, 0.6) is 0 Å². The molecule has 1 aromatic carbocycles. The summed E-state index contributed by atoms with van der Waals surface area (Å²) in [5.41, 5.74) is 1.33. The van der Waals surface area contributed by atoms with Gasteiger partial charge in [0.2, 0.25) is 5.89 Å². The fourth-order valence-corrected chi connectivity index (χ4v) is 1.34. The Bertz CT molecular complexity index is 596. The quantitative estimate of drug-likeness (QED) is 0.613. The maximum atomic E-state index is 11.3. The largest absolute Gasteiger partial charge is 0.466 e. The zero-order chi connectivity index (χ0) is 13.7. The van der Waals surface area contributed by atoms with Crippen molar-refractivity contribution in [2.45, 2.75) is 0 Å². The van der Waals surface area contributed by atoms with Gasteiger partial charge in [-0.1, -0.05) is 12.1 Å². The van der Waals surface area contributed by atoms with Gasteiger partial charge in [0.25, 0.3) is 0 Å². The Kier molecular flexibility index (Phi) is 3.92.